The van der Waals surface area contributed by atoms with E-state index in [1.807, 2.05) is 25.1 Å². The van der Waals surface area contributed by atoms with E-state index >= 15 is 0 Å². The van der Waals surface area contributed by atoms with Crippen molar-refractivity contribution in [1.82, 2.24) is 0 Å². The van der Waals surface area contributed by atoms with E-state index in [4.69, 9.17) is 30.5 Å². The maximum absolute atomic E-state index is 13.2. The van der Waals surface area contributed by atoms with Gasteiger partial charge in [-0.15, -0.1) is 11.3 Å². The molecule has 8 nitrogen and oxygen atoms in total. The van der Waals surface area contributed by atoms with Gasteiger partial charge in [0.25, 0.3) is 0 Å². The number of carbonyl (C=O) groups excluding carboxylic acids is 3. The average Bonchev–Trinajstić information content (AvgIpc) is 3.27. The van der Waals surface area contributed by atoms with Gasteiger partial charge in [-0.05, 0) is 74.7 Å². The summed E-state index contributed by atoms with van der Waals surface area (Å²) in [5, 5.41) is 10.4. The zero-order valence-corrected chi connectivity index (χ0v) is 24.8. The molecule has 0 amide bonds. The van der Waals surface area contributed by atoms with E-state index in [1.54, 1.807) is 51.1 Å². The van der Waals surface area contributed by atoms with Crippen LogP contribution >= 0.6 is 22.9 Å². The number of nitriles is 1. The smallest absolute Gasteiger partial charge is 0.348 e. The molecule has 0 aliphatic heterocycles. The van der Waals surface area contributed by atoms with Crippen LogP contribution in [0.3, 0.4) is 0 Å². The van der Waals surface area contributed by atoms with Crippen molar-refractivity contribution in [2.45, 2.75) is 40.7 Å². The lowest BCUT2D eigenvalue weighted by Crippen LogP contribution is -2.12. The van der Waals surface area contributed by atoms with Crippen molar-refractivity contribution in [2.24, 2.45) is 0 Å². The Morgan fingerprint density at radius 2 is 1.61 bits per heavy atom. The van der Waals surface area contributed by atoms with Gasteiger partial charge in [-0.2, -0.15) is 5.26 Å². The summed E-state index contributed by atoms with van der Waals surface area (Å²) in [4.78, 5) is 38.9. The molecule has 0 bridgehead atoms. The summed E-state index contributed by atoms with van der Waals surface area (Å²) in [6, 6.07) is 14.3. The van der Waals surface area contributed by atoms with Gasteiger partial charge in [0.2, 0.25) is 0 Å². The highest BCUT2D eigenvalue weighted by Crippen LogP contribution is 2.32. The molecule has 3 rings (SSSR count). The Morgan fingerprint density at radius 3 is 2.24 bits per heavy atom. The van der Waals surface area contributed by atoms with Gasteiger partial charge in [0.1, 0.15) is 17.6 Å². The van der Waals surface area contributed by atoms with Gasteiger partial charge in [0, 0.05) is 16.3 Å². The van der Waals surface area contributed by atoms with Crippen LogP contribution in [0.1, 0.15) is 62.4 Å². The molecule has 0 saturated heterocycles. The molecular weight excluding hydrogens is 566 g/mol. The molecule has 0 unspecified atom stereocenters. The van der Waals surface area contributed by atoms with Gasteiger partial charge in [-0.3, -0.25) is 4.79 Å². The number of rotatable bonds is 13. The van der Waals surface area contributed by atoms with Crippen LogP contribution in [0.4, 0.5) is 0 Å². The van der Waals surface area contributed by atoms with Crippen LogP contribution in [0.15, 0.2) is 48.0 Å². The Bertz CT molecular complexity index is 1490. The molecule has 0 aliphatic rings. The third-order valence-electron chi connectivity index (χ3n) is 5.79. The third kappa shape index (κ3) is 8.19. The summed E-state index contributed by atoms with van der Waals surface area (Å²) in [5.74, 6) is -0.786. The first-order chi connectivity index (χ1) is 19.7. The average molecular weight is 596 g/mol. The van der Waals surface area contributed by atoms with Gasteiger partial charge in [-0.1, -0.05) is 29.8 Å². The highest BCUT2D eigenvalue weighted by atomic mass is 35.5. The van der Waals surface area contributed by atoms with Gasteiger partial charge < -0.3 is 18.9 Å². The van der Waals surface area contributed by atoms with Crippen molar-refractivity contribution in [1.29, 1.82) is 5.26 Å². The predicted molar refractivity (Wildman–Crippen MR) is 157 cm³/mol. The van der Waals surface area contributed by atoms with Crippen LogP contribution < -0.4 is 9.47 Å². The Hall–Kier alpha value is -4.13. The van der Waals surface area contributed by atoms with Crippen LogP contribution in [0.25, 0.3) is 6.08 Å². The second-order valence-corrected chi connectivity index (χ2v) is 10.2. The number of ether oxygens (including phenoxy) is 4. The number of allylic oxidation sites excluding steroid dienone is 1. The zero-order valence-electron chi connectivity index (χ0n) is 23.2. The predicted octanol–water partition coefficient (Wildman–Crippen LogP) is 6.76. The van der Waals surface area contributed by atoms with E-state index in [9.17, 15) is 19.6 Å². The minimum atomic E-state index is -0.641. The molecule has 0 saturated carbocycles. The summed E-state index contributed by atoms with van der Waals surface area (Å²) >= 11 is 6.94. The second-order valence-electron chi connectivity index (χ2n) is 8.62. The van der Waals surface area contributed by atoms with Crippen molar-refractivity contribution in [3.8, 4) is 17.6 Å². The number of hydrogen-bond donors (Lipinski definition) is 0. The molecule has 1 aromatic heterocycles. The quantitative estimate of drug-likeness (QED) is 0.121. The molecule has 3 aromatic rings. The number of benzene rings is 2. The highest BCUT2D eigenvalue weighted by molar-refractivity contribution is 7.14. The number of hydrogen-bond acceptors (Lipinski definition) is 9. The van der Waals surface area contributed by atoms with Crippen molar-refractivity contribution < 1.29 is 33.3 Å². The molecule has 0 aliphatic carbocycles. The molecule has 214 valence electrons. The normalized spacial score (nSPS) is 11.0. The van der Waals surface area contributed by atoms with Crippen LogP contribution in [0.5, 0.6) is 11.5 Å². The first-order valence-electron chi connectivity index (χ1n) is 13.0. The Balaban J connectivity index is 1.87. The van der Waals surface area contributed by atoms with E-state index in [-0.39, 0.29) is 35.6 Å². The fourth-order valence-electron chi connectivity index (χ4n) is 3.89. The van der Waals surface area contributed by atoms with E-state index in [2.05, 4.69) is 0 Å². The lowest BCUT2D eigenvalue weighted by atomic mass is 10.0. The summed E-state index contributed by atoms with van der Waals surface area (Å²) < 4.78 is 21.9. The third-order valence-corrected chi connectivity index (χ3v) is 7.31. The Morgan fingerprint density at radius 1 is 0.927 bits per heavy atom. The van der Waals surface area contributed by atoms with E-state index in [1.165, 1.54) is 6.08 Å². The standard InChI is InChI=1S/C31H30ClNO7S/c1-5-37-26-15-21(10-13-25(26)40-18-20-8-11-23(32)12-9-20)14-22(17-33)24(34)16-27-28(30(35)38-6-2)19(4)29(41-27)31(36)39-7-3/h8-15H,5-7,16,18H2,1-4H3. The SMILES string of the molecule is CCOC(=O)c1sc(CC(=O)C(C#N)=Cc2ccc(OCc3ccc(Cl)cc3)c(OCC)c2)c(C(=O)OCC)c1C. The molecule has 0 fully saturated rings. The maximum Gasteiger partial charge on any atom is 0.348 e. The number of thiophene rings is 1. The first kappa shape index (κ1) is 31.4. The molecule has 0 spiro atoms. The molecule has 1 heterocycles. The molecule has 0 atom stereocenters. The summed E-state index contributed by atoms with van der Waals surface area (Å²) in [6.45, 7) is 7.75. The second kappa shape index (κ2) is 15.0. The first-order valence-corrected chi connectivity index (χ1v) is 14.2. The lowest BCUT2D eigenvalue weighted by Gasteiger charge is -2.13. The lowest BCUT2D eigenvalue weighted by molar-refractivity contribution is -0.114. The highest BCUT2D eigenvalue weighted by Gasteiger charge is 2.28. The fourth-order valence-corrected chi connectivity index (χ4v) is 5.20. The number of Topliss-reactive ketones (excluding diaryl/α,β-unsaturated/α-hetero) is 1. The van der Waals surface area contributed by atoms with Crippen LogP contribution in [0, 0.1) is 18.3 Å². The topological polar surface area (TPSA) is 112 Å². The van der Waals surface area contributed by atoms with Crippen molar-refractivity contribution in [3.05, 3.63) is 85.1 Å². The minimum Gasteiger partial charge on any atom is -0.490 e. The number of halogens is 1. The number of esters is 2. The monoisotopic (exact) mass is 595 g/mol. The summed E-state index contributed by atoms with van der Waals surface area (Å²) in [7, 11) is 0. The minimum absolute atomic E-state index is 0.124. The molecule has 0 radical (unpaired) electrons. The van der Waals surface area contributed by atoms with Gasteiger partial charge in [0.05, 0.1) is 31.0 Å². The van der Waals surface area contributed by atoms with Gasteiger partial charge >= 0.3 is 11.9 Å². The largest absolute Gasteiger partial charge is 0.490 e. The molecule has 41 heavy (non-hydrogen) atoms. The zero-order chi connectivity index (χ0) is 29.9. The number of nitrogens with zero attached hydrogens (tertiary/aromatic N) is 1. The number of ketones is 1. The summed E-state index contributed by atoms with van der Waals surface area (Å²) in [6.07, 6.45) is 1.18. The van der Waals surface area contributed by atoms with Crippen LogP contribution in [-0.2, 0) is 27.3 Å². The van der Waals surface area contributed by atoms with Gasteiger partial charge in [-0.25, -0.2) is 9.59 Å². The maximum atomic E-state index is 13.2. The summed E-state index contributed by atoms with van der Waals surface area (Å²) in [5.41, 5.74) is 1.88. The van der Waals surface area contributed by atoms with Crippen LogP contribution in [-0.4, -0.2) is 37.5 Å². The van der Waals surface area contributed by atoms with Gasteiger partial charge in [0.15, 0.2) is 17.3 Å². The van der Waals surface area contributed by atoms with Crippen molar-refractivity contribution in [3.63, 3.8) is 0 Å². The van der Waals surface area contributed by atoms with E-state index in [0.29, 0.717) is 45.7 Å². The van der Waals surface area contributed by atoms with Crippen molar-refractivity contribution in [2.75, 3.05) is 19.8 Å². The number of carbonyl (C=O) groups is 3. The molecule has 2 aromatic carbocycles. The van der Waals surface area contributed by atoms with E-state index < -0.39 is 17.7 Å². The molecular formula is C31H30ClNO7S. The van der Waals surface area contributed by atoms with Crippen LogP contribution in [0.2, 0.25) is 5.02 Å². The molecule has 0 N–H and O–H groups in total. The Kier molecular flexibility index (Phi) is 11.5. The van der Waals surface area contributed by atoms with E-state index in [0.717, 1.165) is 16.9 Å². The Labute approximate surface area is 248 Å². The molecule has 10 heteroatoms. The van der Waals surface area contributed by atoms with Crippen molar-refractivity contribution >= 4 is 46.7 Å². The fraction of sp³-hybridized carbons (Fsp3) is 0.290.